The van der Waals surface area contributed by atoms with Gasteiger partial charge in [0.2, 0.25) is 0 Å². The number of urea groups is 1. The Balaban J connectivity index is 1.70. The van der Waals surface area contributed by atoms with Crippen molar-refractivity contribution < 1.29 is 9.18 Å². The molecular weight excluding hydrogens is 353 g/mol. The smallest absolute Gasteiger partial charge is 0.322 e. The van der Waals surface area contributed by atoms with Gasteiger partial charge in [0.1, 0.15) is 11.9 Å². The summed E-state index contributed by atoms with van der Waals surface area (Å²) in [4.78, 5) is 14.6. The van der Waals surface area contributed by atoms with Crippen LogP contribution in [0.15, 0.2) is 66.9 Å². The monoisotopic (exact) mass is 369 g/mol. The highest BCUT2D eigenvalue weighted by Gasteiger charge is 2.33. The Morgan fingerprint density at radius 2 is 1.92 bits per heavy atom. The fourth-order valence-electron chi connectivity index (χ4n) is 3.39. The molecule has 0 aliphatic carbocycles. The summed E-state index contributed by atoms with van der Waals surface area (Å²) in [5, 5.41) is 3.41. The van der Waals surface area contributed by atoms with Crippen molar-refractivity contribution in [1.29, 1.82) is 0 Å². The van der Waals surface area contributed by atoms with E-state index in [0.717, 1.165) is 5.69 Å². The molecule has 2 amide bonds. The lowest BCUT2D eigenvalue weighted by Gasteiger charge is -2.37. The molecule has 4 nitrogen and oxygen atoms in total. The number of halogens is 2. The SMILES string of the molecule is O=C(Nc1cccc(Cl)c1)N1CCn2cccc2[C@@H]1c1ccccc1F. The van der Waals surface area contributed by atoms with E-state index >= 15 is 0 Å². The molecule has 26 heavy (non-hydrogen) atoms. The van der Waals surface area contributed by atoms with Gasteiger partial charge in [-0.15, -0.1) is 0 Å². The summed E-state index contributed by atoms with van der Waals surface area (Å²) in [7, 11) is 0. The van der Waals surface area contributed by atoms with Gasteiger partial charge >= 0.3 is 6.03 Å². The molecule has 0 spiro atoms. The van der Waals surface area contributed by atoms with Gasteiger partial charge in [0, 0.05) is 41.3 Å². The van der Waals surface area contributed by atoms with Crippen LogP contribution in [0.25, 0.3) is 0 Å². The topological polar surface area (TPSA) is 37.3 Å². The molecule has 0 fully saturated rings. The Hall–Kier alpha value is -2.79. The molecular formula is C20H17ClFN3O. The molecule has 1 aliphatic heterocycles. The van der Waals surface area contributed by atoms with Crippen LogP contribution in [0.4, 0.5) is 14.9 Å². The van der Waals surface area contributed by atoms with Crippen molar-refractivity contribution in [2.75, 3.05) is 11.9 Å². The molecule has 0 saturated carbocycles. The number of hydrogen-bond donors (Lipinski definition) is 1. The van der Waals surface area contributed by atoms with Gasteiger partial charge in [-0.2, -0.15) is 0 Å². The van der Waals surface area contributed by atoms with Crippen molar-refractivity contribution in [3.63, 3.8) is 0 Å². The van der Waals surface area contributed by atoms with Crippen LogP contribution in [0.1, 0.15) is 17.3 Å². The van der Waals surface area contributed by atoms with Crippen LogP contribution in [0.3, 0.4) is 0 Å². The number of aromatic nitrogens is 1. The Kier molecular flexibility index (Phi) is 4.39. The standard InChI is InChI=1S/C20H17ClFN3O/c21-14-5-3-6-15(13-14)23-20(26)25-12-11-24-10-4-9-18(24)19(25)16-7-1-2-8-17(16)22/h1-10,13,19H,11-12H2,(H,23,26)/t19-/m0/s1. The third-order valence-electron chi connectivity index (χ3n) is 4.57. The van der Waals surface area contributed by atoms with Crippen LogP contribution in [-0.4, -0.2) is 22.0 Å². The summed E-state index contributed by atoms with van der Waals surface area (Å²) in [6.07, 6.45) is 1.95. The molecule has 132 valence electrons. The molecule has 0 radical (unpaired) electrons. The highest BCUT2D eigenvalue weighted by Crippen LogP contribution is 2.34. The van der Waals surface area contributed by atoms with Crippen LogP contribution in [0, 0.1) is 5.82 Å². The Morgan fingerprint density at radius 1 is 1.08 bits per heavy atom. The molecule has 4 rings (SSSR count). The molecule has 0 bridgehead atoms. The Bertz CT molecular complexity index is 955. The maximum absolute atomic E-state index is 14.5. The number of carbonyl (C=O) groups is 1. The van der Waals surface area contributed by atoms with Crippen LogP contribution in [0.2, 0.25) is 5.02 Å². The van der Waals surface area contributed by atoms with Gasteiger partial charge in [-0.3, -0.25) is 0 Å². The first-order valence-electron chi connectivity index (χ1n) is 8.36. The van der Waals surface area contributed by atoms with E-state index in [1.807, 2.05) is 18.3 Å². The first kappa shape index (κ1) is 16.7. The fourth-order valence-corrected chi connectivity index (χ4v) is 3.58. The maximum atomic E-state index is 14.5. The van der Waals surface area contributed by atoms with E-state index < -0.39 is 6.04 Å². The zero-order valence-electron chi connectivity index (χ0n) is 13.9. The third kappa shape index (κ3) is 3.06. The van der Waals surface area contributed by atoms with Crippen molar-refractivity contribution in [3.05, 3.63) is 89.0 Å². The van der Waals surface area contributed by atoms with E-state index in [-0.39, 0.29) is 11.8 Å². The number of nitrogens with zero attached hydrogens (tertiary/aromatic N) is 2. The normalized spacial score (nSPS) is 16.2. The molecule has 1 N–H and O–H groups in total. The van der Waals surface area contributed by atoms with E-state index in [9.17, 15) is 9.18 Å². The van der Waals surface area contributed by atoms with E-state index in [2.05, 4.69) is 9.88 Å². The van der Waals surface area contributed by atoms with Gasteiger partial charge in [0.05, 0.1) is 0 Å². The number of rotatable bonds is 2. The fraction of sp³-hybridized carbons (Fsp3) is 0.150. The predicted molar refractivity (Wildman–Crippen MR) is 99.9 cm³/mol. The van der Waals surface area contributed by atoms with Gasteiger partial charge in [0.25, 0.3) is 0 Å². The first-order valence-corrected chi connectivity index (χ1v) is 8.74. The summed E-state index contributed by atoms with van der Waals surface area (Å²) in [6.45, 7) is 1.14. The van der Waals surface area contributed by atoms with Crippen molar-refractivity contribution in [2.45, 2.75) is 12.6 Å². The lowest BCUT2D eigenvalue weighted by molar-refractivity contribution is 0.180. The molecule has 1 atom stereocenters. The number of benzene rings is 2. The minimum Gasteiger partial charge on any atom is -0.348 e. The summed E-state index contributed by atoms with van der Waals surface area (Å²) in [5.74, 6) is -0.326. The second kappa shape index (κ2) is 6.84. The molecule has 0 saturated heterocycles. The summed E-state index contributed by atoms with van der Waals surface area (Å²) < 4.78 is 16.6. The second-order valence-corrected chi connectivity index (χ2v) is 6.62. The molecule has 2 heterocycles. The number of nitrogens with one attached hydrogen (secondary N) is 1. The molecule has 1 aliphatic rings. The van der Waals surface area contributed by atoms with Gasteiger partial charge < -0.3 is 14.8 Å². The minimum atomic E-state index is -0.487. The second-order valence-electron chi connectivity index (χ2n) is 6.18. The highest BCUT2D eigenvalue weighted by molar-refractivity contribution is 6.30. The first-order chi connectivity index (χ1) is 12.6. The molecule has 1 aromatic heterocycles. The highest BCUT2D eigenvalue weighted by atomic mass is 35.5. The Morgan fingerprint density at radius 3 is 2.73 bits per heavy atom. The number of fused-ring (bicyclic) bond motifs is 1. The van der Waals surface area contributed by atoms with Crippen LogP contribution in [0.5, 0.6) is 0 Å². The molecule has 6 heteroatoms. The van der Waals surface area contributed by atoms with Crippen molar-refractivity contribution in [3.8, 4) is 0 Å². The van der Waals surface area contributed by atoms with Crippen molar-refractivity contribution >= 4 is 23.3 Å². The molecule has 3 aromatic rings. The Labute approximate surface area is 155 Å². The summed E-state index contributed by atoms with van der Waals surface area (Å²) >= 11 is 5.99. The largest absolute Gasteiger partial charge is 0.348 e. The van der Waals surface area contributed by atoms with Crippen molar-refractivity contribution in [1.82, 2.24) is 9.47 Å². The lowest BCUT2D eigenvalue weighted by Crippen LogP contribution is -2.44. The van der Waals surface area contributed by atoms with Crippen LogP contribution < -0.4 is 5.32 Å². The number of carbonyl (C=O) groups excluding carboxylic acids is 1. The predicted octanol–water partition coefficient (Wildman–Crippen LogP) is 4.92. The van der Waals surface area contributed by atoms with Gasteiger partial charge in [-0.05, 0) is 36.4 Å². The van der Waals surface area contributed by atoms with Crippen LogP contribution >= 0.6 is 11.6 Å². The van der Waals surface area contributed by atoms with Gasteiger partial charge in [-0.25, -0.2) is 9.18 Å². The summed E-state index contributed by atoms with van der Waals surface area (Å²) in [6, 6.07) is 16.6. The quantitative estimate of drug-likeness (QED) is 0.684. The maximum Gasteiger partial charge on any atom is 0.322 e. The number of hydrogen-bond acceptors (Lipinski definition) is 1. The van der Waals surface area contributed by atoms with Crippen molar-refractivity contribution in [2.24, 2.45) is 0 Å². The lowest BCUT2D eigenvalue weighted by atomic mass is 9.99. The summed E-state index contributed by atoms with van der Waals surface area (Å²) in [5.41, 5.74) is 1.98. The minimum absolute atomic E-state index is 0.284. The molecule has 0 unspecified atom stereocenters. The zero-order chi connectivity index (χ0) is 18.1. The average Bonchev–Trinajstić information content (AvgIpc) is 3.10. The molecule has 2 aromatic carbocycles. The third-order valence-corrected chi connectivity index (χ3v) is 4.81. The van der Waals surface area contributed by atoms with E-state index in [4.69, 9.17) is 11.6 Å². The zero-order valence-corrected chi connectivity index (χ0v) is 14.7. The van der Waals surface area contributed by atoms with Gasteiger partial charge in [0.15, 0.2) is 0 Å². The van der Waals surface area contributed by atoms with Gasteiger partial charge in [-0.1, -0.05) is 35.9 Å². The van der Waals surface area contributed by atoms with E-state index in [0.29, 0.717) is 29.4 Å². The van der Waals surface area contributed by atoms with E-state index in [1.54, 1.807) is 47.4 Å². The van der Waals surface area contributed by atoms with E-state index in [1.165, 1.54) is 6.07 Å². The number of amides is 2. The number of anilines is 1. The average molecular weight is 370 g/mol. The van der Waals surface area contributed by atoms with Crippen LogP contribution in [-0.2, 0) is 6.54 Å².